The van der Waals surface area contributed by atoms with Crippen molar-refractivity contribution in [1.82, 2.24) is 4.90 Å². The van der Waals surface area contributed by atoms with Gasteiger partial charge >= 0.3 is 12.1 Å². The summed E-state index contributed by atoms with van der Waals surface area (Å²) in [5.74, 6) is -1.27. The molecule has 0 aromatic heterocycles. The highest BCUT2D eigenvalue weighted by Crippen LogP contribution is 2.34. The summed E-state index contributed by atoms with van der Waals surface area (Å²) in [6, 6.07) is 6.15. The number of piperidine rings is 1. The van der Waals surface area contributed by atoms with Gasteiger partial charge in [-0.25, -0.2) is 9.18 Å². The normalized spacial score (nSPS) is 20.9. The molecule has 1 aliphatic rings. The Kier molecular flexibility index (Phi) is 6.03. The summed E-state index contributed by atoms with van der Waals surface area (Å²) >= 11 is 0. The van der Waals surface area contributed by atoms with Crippen molar-refractivity contribution in [2.75, 3.05) is 19.7 Å². The molecule has 138 valence electrons. The van der Waals surface area contributed by atoms with E-state index in [-0.39, 0.29) is 30.9 Å². The van der Waals surface area contributed by atoms with E-state index in [1.165, 1.54) is 12.1 Å². The quantitative estimate of drug-likeness (QED) is 0.779. The van der Waals surface area contributed by atoms with Crippen LogP contribution in [0.3, 0.4) is 0 Å². The lowest BCUT2D eigenvalue weighted by Gasteiger charge is -2.38. The first-order valence-corrected chi connectivity index (χ1v) is 8.61. The van der Waals surface area contributed by atoms with E-state index in [0.717, 1.165) is 5.56 Å². The number of esters is 1. The molecular formula is C19H26FNO4. The molecule has 2 rings (SSSR count). The van der Waals surface area contributed by atoms with E-state index in [2.05, 4.69) is 0 Å². The maximum Gasteiger partial charge on any atom is 0.410 e. The molecule has 0 aliphatic carbocycles. The van der Waals surface area contributed by atoms with E-state index < -0.39 is 17.6 Å². The van der Waals surface area contributed by atoms with Crippen LogP contribution in [0.4, 0.5) is 9.18 Å². The van der Waals surface area contributed by atoms with Crippen molar-refractivity contribution in [3.63, 3.8) is 0 Å². The summed E-state index contributed by atoms with van der Waals surface area (Å²) in [4.78, 5) is 26.3. The summed E-state index contributed by atoms with van der Waals surface area (Å²) in [7, 11) is 0. The van der Waals surface area contributed by atoms with Gasteiger partial charge in [0.1, 0.15) is 11.4 Å². The molecule has 0 N–H and O–H groups in total. The third kappa shape index (κ3) is 5.18. The second kappa shape index (κ2) is 7.85. The Morgan fingerprint density at radius 1 is 1.24 bits per heavy atom. The van der Waals surface area contributed by atoms with E-state index in [1.54, 1.807) is 44.7 Å². The number of rotatable bonds is 3. The number of carbonyl (C=O) groups excluding carboxylic acids is 2. The fraction of sp³-hybridized carbons (Fsp3) is 0.579. The number of carbonyl (C=O) groups is 2. The monoisotopic (exact) mass is 351 g/mol. The van der Waals surface area contributed by atoms with Crippen LogP contribution >= 0.6 is 0 Å². The smallest absolute Gasteiger partial charge is 0.410 e. The molecule has 1 saturated heterocycles. The maximum atomic E-state index is 13.2. The molecule has 1 aromatic carbocycles. The number of ether oxygens (including phenoxy) is 2. The average molecular weight is 351 g/mol. The van der Waals surface area contributed by atoms with Crippen LogP contribution in [0, 0.1) is 11.7 Å². The molecule has 0 radical (unpaired) electrons. The van der Waals surface area contributed by atoms with E-state index in [9.17, 15) is 14.0 Å². The van der Waals surface area contributed by atoms with E-state index in [0.29, 0.717) is 13.0 Å². The largest absolute Gasteiger partial charge is 0.466 e. The molecule has 1 aliphatic heterocycles. The second-order valence-corrected chi connectivity index (χ2v) is 7.23. The van der Waals surface area contributed by atoms with E-state index >= 15 is 0 Å². The van der Waals surface area contributed by atoms with E-state index in [1.807, 2.05) is 0 Å². The summed E-state index contributed by atoms with van der Waals surface area (Å²) in [5, 5.41) is 0. The first kappa shape index (κ1) is 19.2. The first-order chi connectivity index (χ1) is 11.7. The van der Waals surface area contributed by atoms with Crippen molar-refractivity contribution < 1.29 is 23.5 Å². The Bertz CT molecular complexity index is 609. The molecule has 6 heteroatoms. The lowest BCUT2D eigenvalue weighted by molar-refractivity contribution is -0.150. The summed E-state index contributed by atoms with van der Waals surface area (Å²) in [6.45, 7) is 8.15. The minimum atomic E-state index is -0.593. The molecule has 2 atom stereocenters. The Hall–Kier alpha value is -2.11. The van der Waals surface area contributed by atoms with Crippen LogP contribution in [0.2, 0.25) is 0 Å². The zero-order valence-corrected chi connectivity index (χ0v) is 15.3. The van der Waals surface area contributed by atoms with Crippen LogP contribution in [0.25, 0.3) is 0 Å². The van der Waals surface area contributed by atoms with Gasteiger partial charge in [-0.15, -0.1) is 0 Å². The fourth-order valence-corrected chi connectivity index (χ4v) is 3.04. The van der Waals surface area contributed by atoms with Gasteiger partial charge in [-0.2, -0.15) is 0 Å². The van der Waals surface area contributed by atoms with Gasteiger partial charge in [-0.3, -0.25) is 4.79 Å². The minimum Gasteiger partial charge on any atom is -0.466 e. The van der Waals surface area contributed by atoms with Gasteiger partial charge in [0.05, 0.1) is 12.5 Å². The molecule has 1 heterocycles. The van der Waals surface area contributed by atoms with Crippen LogP contribution in [0.1, 0.15) is 45.6 Å². The summed E-state index contributed by atoms with van der Waals surface area (Å²) in [5.41, 5.74) is 0.285. The minimum absolute atomic E-state index is 0.113. The maximum absolute atomic E-state index is 13.2. The molecule has 1 amide bonds. The Morgan fingerprint density at radius 3 is 2.44 bits per heavy atom. The molecule has 1 unspecified atom stereocenters. The molecule has 0 saturated carbocycles. The predicted octanol–water partition coefficient (Wildman–Crippen LogP) is 3.73. The van der Waals surface area contributed by atoms with Crippen molar-refractivity contribution in [3.8, 4) is 0 Å². The van der Waals surface area contributed by atoms with Crippen molar-refractivity contribution in [2.24, 2.45) is 5.92 Å². The number of amides is 1. The first-order valence-electron chi connectivity index (χ1n) is 8.61. The van der Waals surface area contributed by atoms with Crippen molar-refractivity contribution in [2.45, 2.75) is 45.6 Å². The predicted molar refractivity (Wildman–Crippen MR) is 91.7 cm³/mol. The standard InChI is InChI=1S/C19H26FNO4/c1-5-24-17(22)16-12-21(18(23)25-19(2,3)4)11-10-15(16)13-6-8-14(20)9-7-13/h6-9,15-16H,5,10-12H2,1-4H3/t15?,16-/m1/s1. The summed E-state index contributed by atoms with van der Waals surface area (Å²) < 4.78 is 23.8. The third-order valence-corrected chi connectivity index (χ3v) is 4.15. The molecule has 0 spiro atoms. The third-order valence-electron chi connectivity index (χ3n) is 4.15. The number of halogens is 1. The number of benzene rings is 1. The number of likely N-dealkylation sites (tertiary alicyclic amines) is 1. The Balaban J connectivity index is 2.18. The molecule has 5 nitrogen and oxygen atoms in total. The van der Waals surface area contributed by atoms with Gasteiger partial charge in [0.15, 0.2) is 0 Å². The molecule has 1 fully saturated rings. The second-order valence-electron chi connectivity index (χ2n) is 7.23. The van der Waals surface area contributed by atoms with Crippen molar-refractivity contribution in [3.05, 3.63) is 35.6 Å². The van der Waals surface area contributed by atoms with Crippen LogP contribution in [-0.2, 0) is 14.3 Å². The van der Waals surface area contributed by atoms with Crippen molar-refractivity contribution in [1.29, 1.82) is 0 Å². The van der Waals surface area contributed by atoms with Crippen LogP contribution in [0.15, 0.2) is 24.3 Å². The van der Waals surface area contributed by atoms with Crippen molar-refractivity contribution >= 4 is 12.1 Å². The molecular weight excluding hydrogens is 325 g/mol. The Labute approximate surface area is 148 Å². The fourth-order valence-electron chi connectivity index (χ4n) is 3.04. The lowest BCUT2D eigenvalue weighted by atomic mass is 9.80. The molecule has 0 bridgehead atoms. The van der Waals surface area contributed by atoms with Gasteiger partial charge < -0.3 is 14.4 Å². The summed E-state index contributed by atoms with van der Waals surface area (Å²) in [6.07, 6.45) is 0.160. The van der Waals surface area contributed by atoms with Crippen LogP contribution < -0.4 is 0 Å². The highest BCUT2D eigenvalue weighted by molar-refractivity contribution is 5.76. The Morgan fingerprint density at radius 2 is 1.88 bits per heavy atom. The van der Waals surface area contributed by atoms with Gasteiger partial charge in [-0.1, -0.05) is 12.1 Å². The lowest BCUT2D eigenvalue weighted by Crippen LogP contribution is -2.47. The van der Waals surface area contributed by atoms with Gasteiger partial charge in [0.25, 0.3) is 0 Å². The highest BCUT2D eigenvalue weighted by Gasteiger charge is 2.39. The zero-order chi connectivity index (χ0) is 18.6. The zero-order valence-electron chi connectivity index (χ0n) is 15.3. The van der Waals surface area contributed by atoms with Crippen LogP contribution in [-0.4, -0.2) is 42.3 Å². The van der Waals surface area contributed by atoms with Gasteiger partial charge in [0, 0.05) is 19.0 Å². The number of hydrogen-bond acceptors (Lipinski definition) is 4. The van der Waals surface area contributed by atoms with Crippen LogP contribution in [0.5, 0.6) is 0 Å². The molecule has 25 heavy (non-hydrogen) atoms. The number of hydrogen-bond donors (Lipinski definition) is 0. The van der Waals surface area contributed by atoms with E-state index in [4.69, 9.17) is 9.47 Å². The average Bonchev–Trinajstić information content (AvgIpc) is 2.54. The SMILES string of the molecule is CCOC(=O)[C@@H]1CN(C(=O)OC(C)(C)C)CCC1c1ccc(F)cc1. The highest BCUT2D eigenvalue weighted by atomic mass is 19.1. The topological polar surface area (TPSA) is 55.8 Å². The molecule has 1 aromatic rings. The number of nitrogens with zero attached hydrogens (tertiary/aromatic N) is 1. The van der Waals surface area contributed by atoms with Gasteiger partial charge in [0.2, 0.25) is 0 Å². The van der Waals surface area contributed by atoms with Gasteiger partial charge in [-0.05, 0) is 51.8 Å².